The lowest BCUT2D eigenvalue weighted by atomic mass is 10.6. The molecule has 0 aliphatic rings. The van der Waals surface area contributed by atoms with Gasteiger partial charge in [0.05, 0.1) is 0 Å². The molecule has 0 heterocycles. The summed E-state index contributed by atoms with van der Waals surface area (Å²) in [5, 5.41) is 0. The molecule has 0 bridgehead atoms. The summed E-state index contributed by atoms with van der Waals surface area (Å²) in [6.07, 6.45) is 6.79. The Balaban J connectivity index is 4.20. The van der Waals surface area contributed by atoms with Crippen LogP contribution in [-0.2, 0) is 0 Å². The van der Waals surface area contributed by atoms with Gasteiger partial charge in [-0.1, -0.05) is 48.9 Å². The topological polar surface area (TPSA) is 0 Å². The molecule has 0 nitrogen and oxygen atoms in total. The number of rotatable bonds is 4. The molecule has 0 saturated carbocycles. The molecular weight excluding hydrogens is 195 g/mol. The van der Waals surface area contributed by atoms with Crippen molar-refractivity contribution in [1.29, 1.82) is 0 Å². The number of hydrogen-bond acceptors (Lipinski definition) is 0. The Morgan fingerprint density at radius 1 is 0.909 bits per heavy atom. The van der Waals surface area contributed by atoms with Crippen LogP contribution in [0, 0.1) is 0 Å². The lowest BCUT2D eigenvalue weighted by molar-refractivity contribution is 2.04. The molecule has 0 N–H and O–H groups in total. The van der Waals surface area contributed by atoms with E-state index in [0.717, 1.165) is 0 Å². The second-order valence-electron chi connectivity index (χ2n) is 1.86. The van der Waals surface area contributed by atoms with Crippen LogP contribution in [0.5, 0.6) is 0 Å². The first-order chi connectivity index (χ1) is 5.12. The van der Waals surface area contributed by atoms with Crippen molar-refractivity contribution >= 4 is 28.9 Å². The second-order valence-corrected chi connectivity index (χ2v) is 8.21. The van der Waals surface area contributed by atoms with E-state index in [1.807, 2.05) is 0 Å². The van der Waals surface area contributed by atoms with E-state index < -0.39 is 6.69 Å². The van der Waals surface area contributed by atoms with E-state index in [1.54, 1.807) is 35.7 Å². The highest BCUT2D eigenvalue weighted by Crippen LogP contribution is 2.17. The molecule has 0 saturated heterocycles. The van der Waals surface area contributed by atoms with Gasteiger partial charge in [0.2, 0.25) is 0 Å². The fourth-order valence-corrected chi connectivity index (χ4v) is 2.22. The van der Waals surface area contributed by atoms with Gasteiger partial charge in [-0.25, -0.2) is 0 Å². The zero-order chi connectivity index (χ0) is 8.74. The Morgan fingerprint density at radius 2 is 1.27 bits per heavy atom. The van der Waals surface area contributed by atoms with Crippen LogP contribution < -0.4 is 0 Å². The van der Waals surface area contributed by atoms with Crippen molar-refractivity contribution in [2.24, 2.45) is 0 Å². The van der Waals surface area contributed by atoms with E-state index in [0.29, 0.717) is 0 Å². The molecule has 0 aromatic carbocycles. The molecule has 0 atom stereocenters. The van der Waals surface area contributed by atoms with Crippen molar-refractivity contribution in [2.45, 2.75) is 0 Å². The molecule has 60 valence electrons. The molecule has 0 spiro atoms. The number of allylic oxidation sites excluding steroid dienone is 4. The van der Waals surface area contributed by atoms with Crippen LogP contribution in [0.15, 0.2) is 48.9 Å². The average Bonchev–Trinajstić information content (AvgIpc) is 1.97. The molecule has 0 aromatic heterocycles. The monoisotopic (exact) mass is 204 g/mol. The SMILES string of the molecule is C=CC=C[Si](Cl)(Cl)C=CC=C. The maximum Gasteiger partial charge on any atom is 0.296 e. The summed E-state index contributed by atoms with van der Waals surface area (Å²) >= 11 is 11.9. The van der Waals surface area contributed by atoms with Crippen molar-refractivity contribution in [3.05, 3.63) is 48.9 Å². The van der Waals surface area contributed by atoms with Gasteiger partial charge in [0.1, 0.15) is 0 Å². The summed E-state index contributed by atoms with van der Waals surface area (Å²) in [6.45, 7) is 4.73. The van der Waals surface area contributed by atoms with E-state index in [4.69, 9.17) is 22.2 Å². The smallest absolute Gasteiger partial charge is 0.135 e. The zero-order valence-electron chi connectivity index (χ0n) is 6.13. The summed E-state index contributed by atoms with van der Waals surface area (Å²) in [4.78, 5) is 0. The Kier molecular flexibility index (Phi) is 5.29. The fourth-order valence-electron chi connectivity index (χ4n) is 0.448. The molecule has 0 rings (SSSR count). The third kappa shape index (κ3) is 6.17. The summed E-state index contributed by atoms with van der Waals surface area (Å²) in [5.74, 6) is 0. The predicted octanol–water partition coefficient (Wildman–Crippen LogP) is 3.47. The summed E-state index contributed by atoms with van der Waals surface area (Å²) in [5.41, 5.74) is 3.53. The normalized spacial score (nSPS) is 12.5. The highest BCUT2D eigenvalue weighted by atomic mass is 35.7. The largest absolute Gasteiger partial charge is 0.296 e. The zero-order valence-corrected chi connectivity index (χ0v) is 8.65. The van der Waals surface area contributed by atoms with Gasteiger partial charge in [-0.3, -0.25) is 0 Å². The molecule has 0 aliphatic heterocycles. The molecule has 3 heteroatoms. The highest BCUT2D eigenvalue weighted by molar-refractivity contribution is 7.49. The third-order valence-electron chi connectivity index (χ3n) is 0.909. The molecule has 0 amide bonds. The third-order valence-corrected chi connectivity index (χ3v) is 3.69. The van der Waals surface area contributed by atoms with Gasteiger partial charge in [-0.05, 0) is 0 Å². The maximum absolute atomic E-state index is 5.93. The van der Waals surface area contributed by atoms with Gasteiger partial charge < -0.3 is 0 Å². The van der Waals surface area contributed by atoms with Crippen LogP contribution in [0.1, 0.15) is 0 Å². The molecular formula is C8H10Cl2Si. The highest BCUT2D eigenvalue weighted by Gasteiger charge is 2.18. The Morgan fingerprint density at radius 3 is 1.55 bits per heavy atom. The molecule has 0 fully saturated rings. The van der Waals surface area contributed by atoms with E-state index in [1.165, 1.54) is 0 Å². The number of hydrogen-bond donors (Lipinski definition) is 0. The minimum Gasteiger partial charge on any atom is -0.135 e. The van der Waals surface area contributed by atoms with Crippen molar-refractivity contribution in [3.8, 4) is 0 Å². The molecule has 11 heavy (non-hydrogen) atoms. The predicted molar refractivity (Wildman–Crippen MR) is 56.1 cm³/mol. The first-order valence-corrected chi connectivity index (χ1v) is 7.28. The quantitative estimate of drug-likeness (QED) is 0.374. The van der Waals surface area contributed by atoms with E-state index >= 15 is 0 Å². The van der Waals surface area contributed by atoms with Crippen LogP contribution in [0.4, 0.5) is 0 Å². The summed E-state index contributed by atoms with van der Waals surface area (Å²) in [6, 6.07) is 0. The van der Waals surface area contributed by atoms with Gasteiger partial charge in [0.15, 0.2) is 0 Å². The molecule has 0 unspecified atom stereocenters. The van der Waals surface area contributed by atoms with Gasteiger partial charge in [-0.15, -0.1) is 22.2 Å². The standard InChI is InChI=1S/C8H10Cl2Si/c1-3-5-7-11(9,10)8-6-4-2/h3-8H,1-2H2. The van der Waals surface area contributed by atoms with Crippen LogP contribution in [0.3, 0.4) is 0 Å². The van der Waals surface area contributed by atoms with Crippen molar-refractivity contribution in [1.82, 2.24) is 0 Å². The van der Waals surface area contributed by atoms with Gasteiger partial charge in [-0.2, -0.15) is 0 Å². The van der Waals surface area contributed by atoms with Crippen LogP contribution in [-0.4, -0.2) is 6.69 Å². The first-order valence-electron chi connectivity index (χ1n) is 3.11. The van der Waals surface area contributed by atoms with Crippen LogP contribution >= 0.6 is 22.2 Å². The molecule has 0 radical (unpaired) electrons. The second kappa shape index (κ2) is 5.41. The minimum absolute atomic E-state index is 1.65. The summed E-state index contributed by atoms with van der Waals surface area (Å²) < 4.78 is 0. The Labute approximate surface area is 77.9 Å². The van der Waals surface area contributed by atoms with Gasteiger partial charge >= 0.3 is 0 Å². The number of halogens is 2. The lowest BCUT2D eigenvalue weighted by Gasteiger charge is -2.02. The van der Waals surface area contributed by atoms with Gasteiger partial charge in [0.25, 0.3) is 6.69 Å². The van der Waals surface area contributed by atoms with Crippen LogP contribution in [0.25, 0.3) is 0 Å². The maximum atomic E-state index is 5.93. The summed E-state index contributed by atoms with van der Waals surface area (Å²) in [7, 11) is 0. The first kappa shape index (κ1) is 10.8. The fraction of sp³-hybridized carbons (Fsp3) is 0. The van der Waals surface area contributed by atoms with E-state index in [-0.39, 0.29) is 0 Å². The Bertz CT molecular complexity index is 172. The minimum atomic E-state index is -2.30. The molecule has 0 aromatic rings. The average molecular weight is 205 g/mol. The Hall–Kier alpha value is -0.243. The molecule has 0 aliphatic carbocycles. The van der Waals surface area contributed by atoms with Crippen molar-refractivity contribution in [2.75, 3.05) is 0 Å². The van der Waals surface area contributed by atoms with Crippen molar-refractivity contribution in [3.63, 3.8) is 0 Å². The van der Waals surface area contributed by atoms with Crippen LogP contribution in [0.2, 0.25) is 0 Å². The van der Waals surface area contributed by atoms with Gasteiger partial charge in [0, 0.05) is 0 Å². The van der Waals surface area contributed by atoms with E-state index in [9.17, 15) is 0 Å². The lowest BCUT2D eigenvalue weighted by Crippen LogP contribution is -2.11. The van der Waals surface area contributed by atoms with Crippen molar-refractivity contribution < 1.29 is 0 Å². The van der Waals surface area contributed by atoms with E-state index in [2.05, 4.69) is 13.2 Å².